The highest BCUT2D eigenvalue weighted by molar-refractivity contribution is 5.70. The third-order valence-corrected chi connectivity index (χ3v) is 3.46. The first-order valence-corrected chi connectivity index (χ1v) is 6.96. The summed E-state index contributed by atoms with van der Waals surface area (Å²) < 4.78 is 5.47. The van der Waals surface area contributed by atoms with E-state index in [4.69, 9.17) is 10.5 Å². The summed E-state index contributed by atoms with van der Waals surface area (Å²) in [6.45, 7) is 11.0. The van der Waals surface area contributed by atoms with Crippen LogP contribution >= 0.6 is 0 Å². The van der Waals surface area contributed by atoms with Gasteiger partial charge in [-0.05, 0) is 38.0 Å². The van der Waals surface area contributed by atoms with Gasteiger partial charge in [-0.2, -0.15) is 0 Å². The van der Waals surface area contributed by atoms with Crippen LogP contribution in [0.4, 0.5) is 10.5 Å². The van der Waals surface area contributed by atoms with Gasteiger partial charge in [0.25, 0.3) is 0 Å². The summed E-state index contributed by atoms with van der Waals surface area (Å²) >= 11 is 0. The van der Waals surface area contributed by atoms with E-state index >= 15 is 0 Å². The largest absolute Gasteiger partial charge is 0.444 e. The fourth-order valence-corrected chi connectivity index (χ4v) is 2.85. The van der Waals surface area contributed by atoms with E-state index in [0.717, 1.165) is 16.8 Å². The van der Waals surface area contributed by atoms with Crippen LogP contribution < -0.4 is 5.73 Å². The van der Waals surface area contributed by atoms with Crippen LogP contribution in [-0.4, -0.2) is 23.1 Å². The molecule has 0 saturated heterocycles. The zero-order valence-electron chi connectivity index (χ0n) is 13.0. The van der Waals surface area contributed by atoms with Gasteiger partial charge in [0.05, 0.1) is 0 Å². The normalized spacial score (nSPS) is 17.6. The molecule has 1 heterocycles. The lowest BCUT2D eigenvalue weighted by molar-refractivity contribution is 0.0174. The summed E-state index contributed by atoms with van der Waals surface area (Å²) in [5.74, 6) is 0. The highest BCUT2D eigenvalue weighted by atomic mass is 16.6. The first-order chi connectivity index (χ1) is 9.10. The molecule has 0 aromatic heterocycles. The average molecular weight is 276 g/mol. The fraction of sp³-hybridized carbons (Fsp3) is 0.562. The summed E-state index contributed by atoms with van der Waals surface area (Å²) in [5.41, 5.74) is 8.52. The predicted molar refractivity (Wildman–Crippen MR) is 80.5 cm³/mol. The zero-order valence-corrected chi connectivity index (χ0v) is 13.0. The Morgan fingerprint density at radius 2 is 2.00 bits per heavy atom. The van der Waals surface area contributed by atoms with Crippen LogP contribution in [0.1, 0.15) is 45.7 Å². The number of fused-ring (bicyclic) bond motifs is 1. The molecule has 0 fully saturated rings. The average Bonchev–Trinajstić information content (AvgIpc) is 2.24. The van der Waals surface area contributed by atoms with E-state index in [1.54, 1.807) is 4.90 Å². The fourth-order valence-electron chi connectivity index (χ4n) is 2.85. The summed E-state index contributed by atoms with van der Waals surface area (Å²) in [6, 6.07) is 5.89. The first-order valence-electron chi connectivity index (χ1n) is 6.96. The first kappa shape index (κ1) is 14.7. The van der Waals surface area contributed by atoms with Crippen molar-refractivity contribution in [3.8, 4) is 0 Å². The van der Waals surface area contributed by atoms with Crippen LogP contribution in [0.5, 0.6) is 0 Å². The van der Waals surface area contributed by atoms with Crippen molar-refractivity contribution in [2.24, 2.45) is 0 Å². The molecule has 20 heavy (non-hydrogen) atoms. The van der Waals surface area contributed by atoms with Gasteiger partial charge in [0, 0.05) is 24.2 Å². The SMILES string of the molecule is CC(C)(C)OC(=O)N1Cc2cccc(N)c2C(C)(C)C1. The van der Waals surface area contributed by atoms with Crippen molar-refractivity contribution in [3.05, 3.63) is 29.3 Å². The maximum absolute atomic E-state index is 12.3. The molecular formula is C16H24N2O2. The minimum Gasteiger partial charge on any atom is -0.444 e. The number of hydrogen-bond donors (Lipinski definition) is 1. The molecule has 0 aliphatic carbocycles. The highest BCUT2D eigenvalue weighted by Gasteiger charge is 2.36. The van der Waals surface area contributed by atoms with Crippen molar-refractivity contribution in [1.82, 2.24) is 4.90 Å². The molecule has 4 heteroatoms. The number of rotatable bonds is 0. The number of carbonyl (C=O) groups excluding carboxylic acids is 1. The Morgan fingerprint density at radius 1 is 1.35 bits per heavy atom. The molecule has 0 atom stereocenters. The highest BCUT2D eigenvalue weighted by Crippen LogP contribution is 2.37. The molecule has 110 valence electrons. The summed E-state index contributed by atoms with van der Waals surface area (Å²) in [4.78, 5) is 14.0. The number of nitrogens with zero attached hydrogens (tertiary/aromatic N) is 1. The molecule has 1 amide bonds. The van der Waals surface area contributed by atoms with Gasteiger partial charge in [-0.15, -0.1) is 0 Å². The molecule has 0 radical (unpaired) electrons. The van der Waals surface area contributed by atoms with Crippen molar-refractivity contribution in [3.63, 3.8) is 0 Å². The van der Waals surface area contributed by atoms with E-state index in [0.29, 0.717) is 13.1 Å². The maximum Gasteiger partial charge on any atom is 0.410 e. The number of anilines is 1. The smallest absolute Gasteiger partial charge is 0.410 e. The van der Waals surface area contributed by atoms with Crippen molar-refractivity contribution in [2.45, 2.75) is 52.2 Å². The molecule has 1 aromatic carbocycles. The number of nitrogen functional groups attached to an aromatic ring is 1. The molecule has 2 rings (SSSR count). The third-order valence-electron chi connectivity index (χ3n) is 3.46. The van der Waals surface area contributed by atoms with Crippen LogP contribution in [0.25, 0.3) is 0 Å². The van der Waals surface area contributed by atoms with E-state index < -0.39 is 5.60 Å². The Bertz CT molecular complexity index is 530. The molecule has 0 unspecified atom stereocenters. The summed E-state index contributed by atoms with van der Waals surface area (Å²) in [6.07, 6.45) is -0.265. The topological polar surface area (TPSA) is 55.6 Å². The van der Waals surface area contributed by atoms with E-state index in [1.165, 1.54) is 0 Å². The maximum atomic E-state index is 12.3. The molecule has 1 aromatic rings. The lowest BCUT2D eigenvalue weighted by atomic mass is 9.77. The second-order valence-corrected chi connectivity index (χ2v) is 7.10. The second kappa shape index (κ2) is 4.69. The zero-order chi connectivity index (χ0) is 15.1. The number of ether oxygens (including phenoxy) is 1. The molecule has 4 nitrogen and oxygen atoms in total. The van der Waals surface area contributed by atoms with E-state index in [-0.39, 0.29) is 11.5 Å². The predicted octanol–water partition coefficient (Wildman–Crippen LogP) is 3.30. The number of carbonyl (C=O) groups is 1. The van der Waals surface area contributed by atoms with Gasteiger partial charge in [-0.3, -0.25) is 0 Å². The number of nitrogens with two attached hydrogens (primary N) is 1. The lowest BCUT2D eigenvalue weighted by Gasteiger charge is -2.40. The molecule has 1 aliphatic heterocycles. The molecular weight excluding hydrogens is 252 g/mol. The standard InChI is InChI=1S/C16H24N2O2/c1-15(2,3)20-14(19)18-9-11-7-6-8-12(17)13(11)16(4,5)10-18/h6-8H,9-10,17H2,1-5H3. The Morgan fingerprint density at radius 3 is 2.60 bits per heavy atom. The van der Waals surface area contributed by atoms with Crippen LogP contribution in [0, 0.1) is 0 Å². The molecule has 0 spiro atoms. The van der Waals surface area contributed by atoms with Gasteiger partial charge < -0.3 is 15.4 Å². The molecule has 2 N–H and O–H groups in total. The number of amides is 1. The van der Waals surface area contributed by atoms with Crippen molar-refractivity contribution in [2.75, 3.05) is 12.3 Å². The minimum absolute atomic E-state index is 0.171. The van der Waals surface area contributed by atoms with E-state index in [1.807, 2.05) is 39.0 Å². The Hall–Kier alpha value is -1.71. The summed E-state index contributed by atoms with van der Waals surface area (Å²) in [5, 5.41) is 0. The van der Waals surface area contributed by atoms with Crippen molar-refractivity contribution >= 4 is 11.8 Å². The Kier molecular flexibility index (Phi) is 3.44. The molecule has 1 aliphatic rings. The number of hydrogen-bond acceptors (Lipinski definition) is 3. The summed E-state index contributed by atoms with van der Waals surface area (Å²) in [7, 11) is 0. The quantitative estimate of drug-likeness (QED) is 0.740. The van der Waals surface area contributed by atoms with Gasteiger partial charge in [-0.25, -0.2) is 4.79 Å². The van der Waals surface area contributed by atoms with Crippen LogP contribution in [0.2, 0.25) is 0 Å². The van der Waals surface area contributed by atoms with Gasteiger partial charge in [0.1, 0.15) is 5.60 Å². The van der Waals surface area contributed by atoms with E-state index in [9.17, 15) is 4.79 Å². The van der Waals surface area contributed by atoms with Gasteiger partial charge >= 0.3 is 6.09 Å². The van der Waals surface area contributed by atoms with Crippen LogP contribution in [-0.2, 0) is 16.7 Å². The monoisotopic (exact) mass is 276 g/mol. The molecule has 0 saturated carbocycles. The Labute approximate surface area is 120 Å². The van der Waals surface area contributed by atoms with Gasteiger partial charge in [0.2, 0.25) is 0 Å². The van der Waals surface area contributed by atoms with E-state index in [2.05, 4.69) is 13.8 Å². The van der Waals surface area contributed by atoms with Crippen LogP contribution in [0.15, 0.2) is 18.2 Å². The molecule has 0 bridgehead atoms. The van der Waals surface area contributed by atoms with Crippen molar-refractivity contribution < 1.29 is 9.53 Å². The Balaban J connectivity index is 2.29. The van der Waals surface area contributed by atoms with Gasteiger partial charge in [-0.1, -0.05) is 26.0 Å². The third kappa shape index (κ3) is 2.89. The van der Waals surface area contributed by atoms with Crippen LogP contribution in [0.3, 0.4) is 0 Å². The minimum atomic E-state index is -0.475. The number of benzene rings is 1. The van der Waals surface area contributed by atoms with Gasteiger partial charge in [0.15, 0.2) is 0 Å². The second-order valence-electron chi connectivity index (χ2n) is 7.10. The lowest BCUT2D eigenvalue weighted by Crippen LogP contribution is -2.47. The van der Waals surface area contributed by atoms with Crippen molar-refractivity contribution in [1.29, 1.82) is 0 Å².